The molecule has 0 aliphatic carbocycles. The Labute approximate surface area is 171 Å². The van der Waals surface area contributed by atoms with Gasteiger partial charge >= 0.3 is 0 Å². The average Bonchev–Trinajstić information content (AvgIpc) is 3.06. The largest absolute Gasteiger partial charge is 0.342 e. The van der Waals surface area contributed by atoms with E-state index in [4.69, 9.17) is 11.6 Å². The van der Waals surface area contributed by atoms with Crippen LogP contribution in [0.4, 0.5) is 0 Å². The Bertz CT molecular complexity index is 985. The molecule has 1 fully saturated rings. The number of imidazole rings is 1. The van der Waals surface area contributed by atoms with E-state index in [1.165, 1.54) is 16.6 Å². The lowest BCUT2D eigenvalue weighted by molar-refractivity contribution is -0.131. The Morgan fingerprint density at radius 2 is 1.79 bits per heavy atom. The first-order valence-corrected chi connectivity index (χ1v) is 10.3. The third-order valence-electron chi connectivity index (χ3n) is 5.93. The molecule has 0 N–H and O–H groups in total. The van der Waals surface area contributed by atoms with Gasteiger partial charge in [0, 0.05) is 24.7 Å². The van der Waals surface area contributed by atoms with Gasteiger partial charge in [0.15, 0.2) is 0 Å². The summed E-state index contributed by atoms with van der Waals surface area (Å²) < 4.78 is 2.28. The van der Waals surface area contributed by atoms with Gasteiger partial charge in [0.25, 0.3) is 0 Å². The van der Waals surface area contributed by atoms with Gasteiger partial charge < -0.3 is 9.47 Å². The maximum atomic E-state index is 12.6. The second-order valence-corrected chi connectivity index (χ2v) is 8.39. The Morgan fingerprint density at radius 1 is 1.11 bits per heavy atom. The normalized spacial score (nSPS) is 15.3. The summed E-state index contributed by atoms with van der Waals surface area (Å²) in [5, 5.41) is 0.703. The van der Waals surface area contributed by atoms with Crippen LogP contribution in [-0.4, -0.2) is 33.4 Å². The zero-order valence-corrected chi connectivity index (χ0v) is 17.2. The first kappa shape index (κ1) is 19.0. The van der Waals surface area contributed by atoms with Gasteiger partial charge in [-0.05, 0) is 73.6 Å². The van der Waals surface area contributed by atoms with Crippen molar-refractivity contribution in [2.45, 2.75) is 39.7 Å². The van der Waals surface area contributed by atoms with Gasteiger partial charge in [0.05, 0.1) is 23.8 Å². The second kappa shape index (κ2) is 7.96. The van der Waals surface area contributed by atoms with Crippen LogP contribution in [0.2, 0.25) is 5.02 Å². The SMILES string of the molecule is Cc1cc2ncn(CC3CCN(C(=O)Cc4ccc(Cl)cc4)CC3)c2cc1C. The highest BCUT2D eigenvalue weighted by atomic mass is 35.5. The fourth-order valence-electron chi connectivity index (χ4n) is 3.99. The van der Waals surface area contributed by atoms with Crippen molar-refractivity contribution in [2.75, 3.05) is 13.1 Å². The van der Waals surface area contributed by atoms with Crippen molar-refractivity contribution in [1.82, 2.24) is 14.5 Å². The number of aromatic nitrogens is 2. The maximum absolute atomic E-state index is 12.6. The number of rotatable bonds is 4. The molecule has 0 saturated carbocycles. The Balaban J connectivity index is 1.35. The molecule has 0 atom stereocenters. The van der Waals surface area contributed by atoms with Gasteiger partial charge in [-0.25, -0.2) is 4.98 Å². The van der Waals surface area contributed by atoms with Gasteiger partial charge in [-0.15, -0.1) is 0 Å². The van der Waals surface area contributed by atoms with Crippen molar-refractivity contribution in [1.29, 1.82) is 0 Å². The van der Waals surface area contributed by atoms with Crippen LogP contribution in [0.3, 0.4) is 0 Å². The van der Waals surface area contributed by atoms with Crippen molar-refractivity contribution in [3.05, 3.63) is 64.4 Å². The highest BCUT2D eigenvalue weighted by Gasteiger charge is 2.23. The van der Waals surface area contributed by atoms with Crippen LogP contribution in [0.5, 0.6) is 0 Å². The van der Waals surface area contributed by atoms with E-state index in [0.717, 1.165) is 43.6 Å². The van der Waals surface area contributed by atoms with Crippen LogP contribution >= 0.6 is 11.6 Å². The number of likely N-dealkylation sites (tertiary alicyclic amines) is 1. The summed E-state index contributed by atoms with van der Waals surface area (Å²) in [6, 6.07) is 12.0. The van der Waals surface area contributed by atoms with Crippen LogP contribution in [0.1, 0.15) is 29.5 Å². The number of piperidine rings is 1. The zero-order valence-electron chi connectivity index (χ0n) is 16.5. The summed E-state index contributed by atoms with van der Waals surface area (Å²) in [6.07, 6.45) is 4.49. The minimum Gasteiger partial charge on any atom is -0.342 e. The van der Waals surface area contributed by atoms with E-state index in [2.05, 4.69) is 35.5 Å². The van der Waals surface area contributed by atoms with Crippen molar-refractivity contribution >= 4 is 28.5 Å². The number of hydrogen-bond acceptors (Lipinski definition) is 2. The number of amides is 1. The fraction of sp³-hybridized carbons (Fsp3) is 0.391. The summed E-state index contributed by atoms with van der Waals surface area (Å²) in [4.78, 5) is 19.2. The summed E-state index contributed by atoms with van der Waals surface area (Å²) in [7, 11) is 0. The van der Waals surface area contributed by atoms with E-state index in [1.54, 1.807) is 0 Å². The molecule has 1 aromatic heterocycles. The quantitative estimate of drug-likeness (QED) is 0.637. The molecular formula is C23H26ClN3O. The first-order valence-electron chi connectivity index (χ1n) is 9.94. The molecule has 5 heteroatoms. The lowest BCUT2D eigenvalue weighted by Gasteiger charge is -2.32. The lowest BCUT2D eigenvalue weighted by Crippen LogP contribution is -2.40. The predicted molar refractivity (Wildman–Crippen MR) is 114 cm³/mol. The van der Waals surface area contributed by atoms with Crippen molar-refractivity contribution in [3.63, 3.8) is 0 Å². The Kier molecular flexibility index (Phi) is 5.40. The second-order valence-electron chi connectivity index (χ2n) is 7.95. The van der Waals surface area contributed by atoms with Crippen LogP contribution < -0.4 is 0 Å². The summed E-state index contributed by atoms with van der Waals surface area (Å²) in [5.74, 6) is 0.790. The molecule has 146 valence electrons. The molecule has 3 aromatic rings. The molecule has 0 spiro atoms. The molecule has 0 bridgehead atoms. The molecule has 1 amide bonds. The molecule has 1 aliphatic rings. The van der Waals surface area contributed by atoms with Crippen molar-refractivity contribution in [2.24, 2.45) is 5.92 Å². The molecule has 2 heterocycles. The third kappa shape index (κ3) is 4.07. The van der Waals surface area contributed by atoms with Crippen LogP contribution in [0, 0.1) is 19.8 Å². The zero-order chi connectivity index (χ0) is 19.7. The van der Waals surface area contributed by atoms with E-state index in [-0.39, 0.29) is 5.91 Å². The molecular weight excluding hydrogens is 370 g/mol. The number of carbonyl (C=O) groups excluding carboxylic acids is 1. The Morgan fingerprint density at radius 3 is 2.50 bits per heavy atom. The highest BCUT2D eigenvalue weighted by Crippen LogP contribution is 2.24. The molecule has 4 nitrogen and oxygen atoms in total. The average molecular weight is 396 g/mol. The number of halogens is 1. The van der Waals surface area contributed by atoms with E-state index in [9.17, 15) is 4.79 Å². The molecule has 2 aromatic carbocycles. The van der Waals surface area contributed by atoms with E-state index in [0.29, 0.717) is 17.4 Å². The van der Waals surface area contributed by atoms with E-state index >= 15 is 0 Å². The van der Waals surface area contributed by atoms with Crippen LogP contribution in [0.25, 0.3) is 11.0 Å². The van der Waals surface area contributed by atoms with Crippen LogP contribution in [-0.2, 0) is 17.8 Å². The van der Waals surface area contributed by atoms with E-state index in [1.807, 2.05) is 35.5 Å². The fourth-order valence-corrected chi connectivity index (χ4v) is 4.12. The smallest absolute Gasteiger partial charge is 0.226 e. The highest BCUT2D eigenvalue weighted by molar-refractivity contribution is 6.30. The number of carbonyl (C=O) groups is 1. The molecule has 1 saturated heterocycles. The number of benzene rings is 2. The van der Waals surface area contributed by atoms with Gasteiger partial charge in [-0.3, -0.25) is 4.79 Å². The monoisotopic (exact) mass is 395 g/mol. The Hall–Kier alpha value is -2.33. The van der Waals surface area contributed by atoms with Crippen LogP contribution in [0.15, 0.2) is 42.7 Å². The molecule has 0 radical (unpaired) electrons. The third-order valence-corrected chi connectivity index (χ3v) is 6.18. The predicted octanol–water partition coefficient (Wildman–Crippen LogP) is 4.79. The lowest BCUT2D eigenvalue weighted by atomic mass is 9.96. The summed E-state index contributed by atoms with van der Waals surface area (Å²) >= 11 is 5.92. The number of nitrogens with zero attached hydrogens (tertiary/aromatic N) is 3. The van der Waals surface area contributed by atoms with E-state index < -0.39 is 0 Å². The summed E-state index contributed by atoms with van der Waals surface area (Å²) in [5.41, 5.74) is 5.89. The first-order chi connectivity index (χ1) is 13.5. The molecule has 4 rings (SSSR count). The molecule has 28 heavy (non-hydrogen) atoms. The minimum absolute atomic E-state index is 0.208. The number of hydrogen-bond donors (Lipinski definition) is 0. The van der Waals surface area contributed by atoms with Crippen molar-refractivity contribution < 1.29 is 4.79 Å². The van der Waals surface area contributed by atoms with Gasteiger partial charge in [-0.1, -0.05) is 23.7 Å². The standard InChI is InChI=1S/C23H26ClN3O/c1-16-11-21-22(12-17(16)2)27(15-25-21)14-19-7-9-26(10-8-19)23(28)13-18-3-5-20(24)6-4-18/h3-6,11-12,15,19H,7-10,13-14H2,1-2H3. The van der Waals surface area contributed by atoms with Crippen molar-refractivity contribution in [3.8, 4) is 0 Å². The molecule has 1 aliphatic heterocycles. The number of fused-ring (bicyclic) bond motifs is 1. The minimum atomic E-state index is 0.208. The van der Waals surface area contributed by atoms with Gasteiger partial charge in [0.1, 0.15) is 0 Å². The van der Waals surface area contributed by atoms with Gasteiger partial charge in [-0.2, -0.15) is 0 Å². The topological polar surface area (TPSA) is 38.1 Å². The summed E-state index contributed by atoms with van der Waals surface area (Å²) in [6.45, 7) is 6.92. The maximum Gasteiger partial charge on any atom is 0.226 e. The van der Waals surface area contributed by atoms with Gasteiger partial charge in [0.2, 0.25) is 5.91 Å². The number of aryl methyl sites for hydroxylation is 2. The molecule has 0 unspecified atom stereocenters.